The number of allylic oxidation sites excluding steroid dienone is 2. The van der Waals surface area contributed by atoms with Gasteiger partial charge in [0, 0.05) is 6.54 Å². The molecule has 1 saturated heterocycles. The van der Waals surface area contributed by atoms with Crippen LogP contribution in [0.5, 0.6) is 0 Å². The normalized spacial score (nSPS) is 29.6. The molecule has 1 fully saturated rings. The van der Waals surface area contributed by atoms with Crippen molar-refractivity contribution in [2.75, 3.05) is 13.1 Å². The van der Waals surface area contributed by atoms with E-state index >= 15 is 0 Å². The van der Waals surface area contributed by atoms with Gasteiger partial charge in [-0.15, -0.1) is 0 Å². The van der Waals surface area contributed by atoms with Crippen molar-refractivity contribution < 1.29 is 4.79 Å². The molecule has 0 aromatic carbocycles. The van der Waals surface area contributed by atoms with Gasteiger partial charge in [0.1, 0.15) is 0 Å². The van der Waals surface area contributed by atoms with Gasteiger partial charge in [0.15, 0.2) is 0 Å². The molecule has 0 radical (unpaired) electrons. The van der Waals surface area contributed by atoms with Crippen LogP contribution in [0.3, 0.4) is 0 Å². The van der Waals surface area contributed by atoms with Crippen molar-refractivity contribution >= 4 is 5.91 Å². The molecule has 3 nitrogen and oxygen atoms in total. The van der Waals surface area contributed by atoms with Crippen molar-refractivity contribution in [1.82, 2.24) is 10.6 Å². The van der Waals surface area contributed by atoms with Crippen LogP contribution >= 0.6 is 0 Å². The van der Waals surface area contributed by atoms with Gasteiger partial charge in [-0.3, -0.25) is 4.79 Å². The van der Waals surface area contributed by atoms with Crippen LogP contribution in [-0.4, -0.2) is 25.0 Å². The molecule has 0 spiro atoms. The van der Waals surface area contributed by atoms with Gasteiger partial charge in [-0.25, -0.2) is 0 Å². The van der Waals surface area contributed by atoms with Crippen molar-refractivity contribution in [3.63, 3.8) is 0 Å². The second kappa shape index (κ2) is 6.80. The van der Waals surface area contributed by atoms with Crippen molar-refractivity contribution in [2.45, 2.75) is 51.0 Å². The van der Waals surface area contributed by atoms with Gasteiger partial charge in [-0.1, -0.05) is 25.0 Å². The summed E-state index contributed by atoms with van der Waals surface area (Å²) in [6, 6.07) is 0.0524. The van der Waals surface area contributed by atoms with E-state index in [2.05, 4.69) is 22.8 Å². The predicted molar refractivity (Wildman–Crippen MR) is 69.7 cm³/mol. The molecule has 2 unspecified atom stereocenters. The Hall–Kier alpha value is -0.830. The highest BCUT2D eigenvalue weighted by atomic mass is 16.2. The number of nitrogens with one attached hydrogen (secondary N) is 2. The van der Waals surface area contributed by atoms with Crippen molar-refractivity contribution in [1.29, 1.82) is 0 Å². The molecular weight excluding hydrogens is 212 g/mol. The monoisotopic (exact) mass is 236 g/mol. The zero-order chi connectivity index (χ0) is 11.9. The van der Waals surface area contributed by atoms with Crippen LogP contribution in [-0.2, 0) is 4.79 Å². The fourth-order valence-electron chi connectivity index (χ4n) is 2.66. The number of rotatable bonds is 3. The first-order chi connectivity index (χ1) is 8.36. The molecule has 0 saturated carbocycles. The molecule has 1 aliphatic carbocycles. The van der Waals surface area contributed by atoms with Crippen LogP contribution in [0.15, 0.2) is 12.2 Å². The summed E-state index contributed by atoms with van der Waals surface area (Å²) in [5.74, 6) is 0.858. The summed E-state index contributed by atoms with van der Waals surface area (Å²) < 4.78 is 0. The third kappa shape index (κ3) is 4.15. The molecule has 1 aliphatic heterocycles. The highest BCUT2D eigenvalue weighted by molar-refractivity contribution is 5.81. The number of carbonyl (C=O) groups excluding carboxylic acids is 1. The predicted octanol–water partition coefficient (Wildman–Crippen LogP) is 1.99. The zero-order valence-corrected chi connectivity index (χ0v) is 10.6. The van der Waals surface area contributed by atoms with Gasteiger partial charge < -0.3 is 10.6 Å². The van der Waals surface area contributed by atoms with Crippen molar-refractivity contribution in [3.8, 4) is 0 Å². The molecule has 0 aromatic heterocycles. The molecule has 0 aromatic rings. The van der Waals surface area contributed by atoms with Crippen LogP contribution in [0.25, 0.3) is 0 Å². The minimum atomic E-state index is 0.0524. The highest BCUT2D eigenvalue weighted by Gasteiger charge is 2.20. The lowest BCUT2D eigenvalue weighted by molar-refractivity contribution is -0.123. The Labute approximate surface area is 104 Å². The molecule has 1 amide bonds. The van der Waals surface area contributed by atoms with E-state index in [1.165, 1.54) is 32.1 Å². The lowest BCUT2D eigenvalue weighted by Crippen LogP contribution is -2.45. The summed E-state index contributed by atoms with van der Waals surface area (Å²) >= 11 is 0. The summed E-state index contributed by atoms with van der Waals surface area (Å²) in [6.07, 6.45) is 12.6. The largest absolute Gasteiger partial charge is 0.354 e. The summed E-state index contributed by atoms with van der Waals surface area (Å²) in [4.78, 5) is 12.0. The maximum atomic E-state index is 12.0. The SMILES string of the molecule is O=C(NCC1CC=CCC1)C1CCCCCN1. The Balaban J connectivity index is 1.70. The number of carbonyl (C=O) groups is 1. The van der Waals surface area contributed by atoms with Gasteiger partial charge in [-0.05, 0) is 44.6 Å². The van der Waals surface area contributed by atoms with Gasteiger partial charge in [0.05, 0.1) is 6.04 Å². The molecule has 2 aliphatic rings. The first kappa shape index (κ1) is 12.6. The summed E-state index contributed by atoms with van der Waals surface area (Å²) in [7, 11) is 0. The van der Waals surface area contributed by atoms with Gasteiger partial charge >= 0.3 is 0 Å². The van der Waals surface area contributed by atoms with Crippen LogP contribution in [0.1, 0.15) is 44.9 Å². The third-order valence-corrected chi connectivity index (χ3v) is 3.82. The first-order valence-electron chi connectivity index (χ1n) is 7.02. The van der Waals surface area contributed by atoms with Crippen molar-refractivity contribution in [2.24, 2.45) is 5.92 Å². The van der Waals surface area contributed by atoms with E-state index in [1.807, 2.05) is 0 Å². The second-order valence-corrected chi connectivity index (χ2v) is 5.25. The second-order valence-electron chi connectivity index (χ2n) is 5.25. The average Bonchev–Trinajstić information content (AvgIpc) is 2.66. The molecule has 2 N–H and O–H groups in total. The van der Waals surface area contributed by atoms with Crippen molar-refractivity contribution in [3.05, 3.63) is 12.2 Å². The minimum absolute atomic E-state index is 0.0524. The van der Waals surface area contributed by atoms with E-state index in [1.54, 1.807) is 0 Å². The Kier molecular flexibility index (Phi) is 5.05. The Bertz CT molecular complexity index is 267. The fraction of sp³-hybridized carbons (Fsp3) is 0.786. The average molecular weight is 236 g/mol. The first-order valence-corrected chi connectivity index (χ1v) is 7.02. The van der Waals surface area contributed by atoms with E-state index in [0.717, 1.165) is 25.9 Å². The zero-order valence-electron chi connectivity index (χ0n) is 10.6. The molecule has 2 rings (SSSR count). The van der Waals surface area contributed by atoms with Crippen LogP contribution in [0, 0.1) is 5.92 Å². The number of hydrogen-bond donors (Lipinski definition) is 2. The Morgan fingerprint density at radius 3 is 3.00 bits per heavy atom. The lowest BCUT2D eigenvalue weighted by Gasteiger charge is -2.21. The van der Waals surface area contributed by atoms with E-state index in [4.69, 9.17) is 0 Å². The number of hydrogen-bond acceptors (Lipinski definition) is 2. The van der Waals surface area contributed by atoms with Gasteiger partial charge in [0.2, 0.25) is 5.91 Å². The molecule has 96 valence electrons. The maximum Gasteiger partial charge on any atom is 0.237 e. The standard InChI is InChI=1S/C14H24N2O/c17-14(13-9-5-2-6-10-15-13)16-11-12-7-3-1-4-8-12/h1,3,12-13,15H,2,4-11H2,(H,16,17). The molecule has 17 heavy (non-hydrogen) atoms. The highest BCUT2D eigenvalue weighted by Crippen LogP contribution is 2.17. The smallest absolute Gasteiger partial charge is 0.237 e. The third-order valence-electron chi connectivity index (χ3n) is 3.82. The Morgan fingerprint density at radius 1 is 1.24 bits per heavy atom. The summed E-state index contributed by atoms with van der Waals surface area (Å²) in [6.45, 7) is 1.84. The Morgan fingerprint density at radius 2 is 2.18 bits per heavy atom. The minimum Gasteiger partial charge on any atom is -0.354 e. The van der Waals surface area contributed by atoms with E-state index in [0.29, 0.717) is 5.92 Å². The molecular formula is C14H24N2O. The summed E-state index contributed by atoms with van der Waals surface area (Å²) in [5, 5.41) is 6.46. The number of amides is 1. The molecule has 1 heterocycles. The fourth-order valence-corrected chi connectivity index (χ4v) is 2.66. The molecule has 3 heteroatoms. The van der Waals surface area contributed by atoms with Crippen LogP contribution < -0.4 is 10.6 Å². The topological polar surface area (TPSA) is 41.1 Å². The van der Waals surface area contributed by atoms with E-state index in [9.17, 15) is 4.79 Å². The van der Waals surface area contributed by atoms with Gasteiger partial charge in [-0.2, -0.15) is 0 Å². The lowest BCUT2D eigenvalue weighted by atomic mass is 9.94. The van der Waals surface area contributed by atoms with Gasteiger partial charge in [0.25, 0.3) is 0 Å². The maximum absolute atomic E-state index is 12.0. The molecule has 0 bridgehead atoms. The van der Waals surface area contributed by atoms with E-state index < -0.39 is 0 Å². The van der Waals surface area contributed by atoms with E-state index in [-0.39, 0.29) is 11.9 Å². The van der Waals surface area contributed by atoms with Crippen LogP contribution in [0.4, 0.5) is 0 Å². The van der Waals surface area contributed by atoms with Crippen LogP contribution in [0.2, 0.25) is 0 Å². The quantitative estimate of drug-likeness (QED) is 0.736. The molecule has 2 atom stereocenters. The summed E-state index contributed by atoms with van der Waals surface area (Å²) in [5.41, 5.74) is 0.